The highest BCUT2D eigenvalue weighted by atomic mass is 35.5. The van der Waals surface area contributed by atoms with Crippen molar-refractivity contribution in [1.82, 2.24) is 9.97 Å². The number of nitrogens with two attached hydrogens (primary N) is 1. The number of halogens is 1. The minimum Gasteiger partial charge on any atom is -0.384 e. The maximum absolute atomic E-state index is 6.18. The summed E-state index contributed by atoms with van der Waals surface area (Å²) >= 11 is 6.18. The quantitative estimate of drug-likeness (QED) is 0.893. The predicted octanol–water partition coefficient (Wildman–Crippen LogP) is 3.72. The first-order valence-electron chi connectivity index (χ1n) is 6.25. The zero-order valence-corrected chi connectivity index (χ0v) is 11.8. The van der Waals surface area contributed by atoms with Gasteiger partial charge >= 0.3 is 0 Å². The smallest absolute Gasteiger partial charge is 0.136 e. The van der Waals surface area contributed by atoms with E-state index in [1.54, 1.807) is 6.07 Å². The van der Waals surface area contributed by atoms with Gasteiger partial charge in [0.25, 0.3) is 0 Å². The summed E-state index contributed by atoms with van der Waals surface area (Å²) in [5, 5.41) is 3.84. The predicted molar refractivity (Wildman–Crippen MR) is 79.9 cm³/mol. The van der Waals surface area contributed by atoms with Gasteiger partial charge in [-0.15, -0.1) is 0 Å². The van der Waals surface area contributed by atoms with E-state index < -0.39 is 0 Å². The molecule has 3 N–H and O–H groups in total. The van der Waals surface area contributed by atoms with Crippen LogP contribution in [0.5, 0.6) is 0 Å². The molecule has 4 nitrogen and oxygen atoms in total. The van der Waals surface area contributed by atoms with Gasteiger partial charge in [0.15, 0.2) is 0 Å². The molecule has 1 aromatic heterocycles. The lowest BCUT2D eigenvalue weighted by atomic mass is 10.2. The molecule has 2 rings (SSSR count). The molecule has 0 bridgehead atoms. The number of aryl methyl sites for hydroxylation is 2. The van der Waals surface area contributed by atoms with E-state index in [0.29, 0.717) is 16.7 Å². The van der Waals surface area contributed by atoms with Crippen LogP contribution in [-0.2, 0) is 6.42 Å². The van der Waals surface area contributed by atoms with Crippen LogP contribution in [-0.4, -0.2) is 9.97 Å². The van der Waals surface area contributed by atoms with Gasteiger partial charge < -0.3 is 11.1 Å². The van der Waals surface area contributed by atoms with E-state index in [0.717, 1.165) is 29.9 Å². The molecule has 2 aromatic rings. The van der Waals surface area contributed by atoms with E-state index in [9.17, 15) is 0 Å². The van der Waals surface area contributed by atoms with Gasteiger partial charge in [0, 0.05) is 12.5 Å². The van der Waals surface area contributed by atoms with Crippen molar-refractivity contribution >= 4 is 28.9 Å². The van der Waals surface area contributed by atoms with Crippen LogP contribution in [0.4, 0.5) is 17.3 Å². The van der Waals surface area contributed by atoms with Crippen molar-refractivity contribution in [3.05, 3.63) is 40.7 Å². The number of benzene rings is 1. The molecule has 0 atom stereocenters. The van der Waals surface area contributed by atoms with Gasteiger partial charge in [-0.2, -0.15) is 0 Å². The molecule has 0 spiro atoms. The van der Waals surface area contributed by atoms with Crippen molar-refractivity contribution in [3.63, 3.8) is 0 Å². The van der Waals surface area contributed by atoms with Gasteiger partial charge in [-0.25, -0.2) is 9.97 Å². The second kappa shape index (κ2) is 5.89. The minimum absolute atomic E-state index is 0.462. The van der Waals surface area contributed by atoms with Crippen molar-refractivity contribution in [2.45, 2.75) is 26.7 Å². The molecule has 19 heavy (non-hydrogen) atoms. The highest BCUT2D eigenvalue weighted by Crippen LogP contribution is 2.26. The maximum Gasteiger partial charge on any atom is 0.136 e. The number of aromatic nitrogens is 2. The molecule has 0 unspecified atom stereocenters. The van der Waals surface area contributed by atoms with Crippen LogP contribution in [0, 0.1) is 6.92 Å². The van der Waals surface area contributed by atoms with Crippen LogP contribution < -0.4 is 11.1 Å². The summed E-state index contributed by atoms with van der Waals surface area (Å²) in [5.41, 5.74) is 7.71. The summed E-state index contributed by atoms with van der Waals surface area (Å²) in [6, 6.07) is 7.53. The fourth-order valence-corrected chi connectivity index (χ4v) is 2.06. The lowest BCUT2D eigenvalue weighted by Crippen LogP contribution is -2.03. The molecule has 1 aromatic carbocycles. The van der Waals surface area contributed by atoms with Crippen molar-refractivity contribution in [2.24, 2.45) is 0 Å². The third-order valence-electron chi connectivity index (χ3n) is 2.65. The molecular formula is C14H17ClN4. The average Bonchev–Trinajstić information content (AvgIpc) is 2.32. The van der Waals surface area contributed by atoms with Gasteiger partial charge in [-0.05, 0) is 31.0 Å². The molecule has 5 heteroatoms. The molecule has 0 saturated carbocycles. The number of nitrogens with one attached hydrogen (secondary N) is 1. The van der Waals surface area contributed by atoms with Crippen LogP contribution in [0.15, 0.2) is 24.3 Å². The first-order chi connectivity index (χ1) is 9.08. The molecule has 0 radical (unpaired) electrons. The molecule has 0 aliphatic carbocycles. The topological polar surface area (TPSA) is 63.8 Å². The third-order valence-corrected chi connectivity index (χ3v) is 2.97. The van der Waals surface area contributed by atoms with E-state index in [-0.39, 0.29) is 0 Å². The average molecular weight is 277 g/mol. The number of nitrogen functional groups attached to an aromatic ring is 1. The van der Waals surface area contributed by atoms with Crippen molar-refractivity contribution in [3.8, 4) is 0 Å². The molecule has 0 fully saturated rings. The zero-order valence-electron chi connectivity index (χ0n) is 11.1. The third kappa shape index (κ3) is 3.58. The summed E-state index contributed by atoms with van der Waals surface area (Å²) in [5.74, 6) is 1.87. The lowest BCUT2D eigenvalue weighted by molar-refractivity contribution is 0.839. The van der Waals surface area contributed by atoms with E-state index >= 15 is 0 Å². The highest BCUT2D eigenvalue weighted by Gasteiger charge is 2.05. The minimum atomic E-state index is 0.462. The summed E-state index contributed by atoms with van der Waals surface area (Å²) in [7, 11) is 0. The molecule has 100 valence electrons. The summed E-state index contributed by atoms with van der Waals surface area (Å²) in [6.45, 7) is 4.08. The van der Waals surface area contributed by atoms with Crippen LogP contribution >= 0.6 is 11.6 Å². The number of rotatable bonds is 4. The van der Waals surface area contributed by atoms with Gasteiger partial charge in [-0.1, -0.05) is 24.6 Å². The van der Waals surface area contributed by atoms with Gasteiger partial charge in [0.05, 0.1) is 10.7 Å². The molecule has 0 amide bonds. The summed E-state index contributed by atoms with van der Waals surface area (Å²) < 4.78 is 0. The second-order valence-corrected chi connectivity index (χ2v) is 4.86. The van der Waals surface area contributed by atoms with Crippen LogP contribution in [0.2, 0.25) is 5.02 Å². The highest BCUT2D eigenvalue weighted by molar-refractivity contribution is 6.33. The van der Waals surface area contributed by atoms with E-state index in [1.165, 1.54) is 0 Å². The van der Waals surface area contributed by atoms with Gasteiger partial charge in [0.2, 0.25) is 0 Å². The molecule has 0 aliphatic rings. The summed E-state index contributed by atoms with van der Waals surface area (Å²) in [6.07, 6.45) is 1.79. The Hall–Kier alpha value is -1.81. The Kier molecular flexibility index (Phi) is 4.22. The van der Waals surface area contributed by atoms with E-state index in [2.05, 4.69) is 22.2 Å². The number of nitrogens with zero attached hydrogens (tertiary/aromatic N) is 2. The second-order valence-electron chi connectivity index (χ2n) is 4.45. The molecule has 1 heterocycles. The Morgan fingerprint density at radius 1 is 1.26 bits per heavy atom. The Morgan fingerprint density at radius 3 is 2.74 bits per heavy atom. The number of hydrogen-bond donors (Lipinski definition) is 2. The number of hydrogen-bond acceptors (Lipinski definition) is 4. The fourth-order valence-electron chi connectivity index (χ4n) is 1.78. The van der Waals surface area contributed by atoms with Crippen LogP contribution in [0.3, 0.4) is 0 Å². The SMILES string of the molecule is CCCc1nc(N)cc(Nc2ccc(C)cc2Cl)n1. The first kappa shape index (κ1) is 13.6. The monoisotopic (exact) mass is 276 g/mol. The normalized spacial score (nSPS) is 10.5. The van der Waals surface area contributed by atoms with E-state index in [4.69, 9.17) is 17.3 Å². The standard InChI is InChI=1S/C14H17ClN4/c1-3-4-13-18-12(16)8-14(19-13)17-11-6-5-9(2)7-10(11)15/h5-8H,3-4H2,1-2H3,(H3,16,17,18,19). The molecular weight excluding hydrogens is 260 g/mol. The Morgan fingerprint density at radius 2 is 2.05 bits per heavy atom. The Balaban J connectivity index is 2.27. The van der Waals surface area contributed by atoms with Gasteiger partial charge in [0.1, 0.15) is 17.5 Å². The number of anilines is 3. The maximum atomic E-state index is 6.18. The zero-order chi connectivity index (χ0) is 13.8. The molecule has 0 saturated heterocycles. The van der Waals surface area contributed by atoms with Crippen LogP contribution in [0.25, 0.3) is 0 Å². The van der Waals surface area contributed by atoms with Crippen molar-refractivity contribution < 1.29 is 0 Å². The molecule has 0 aliphatic heterocycles. The van der Waals surface area contributed by atoms with Crippen LogP contribution in [0.1, 0.15) is 24.7 Å². The Bertz CT molecular complexity index is 584. The fraction of sp³-hybridized carbons (Fsp3) is 0.286. The van der Waals surface area contributed by atoms with Crippen molar-refractivity contribution in [2.75, 3.05) is 11.1 Å². The van der Waals surface area contributed by atoms with Crippen molar-refractivity contribution in [1.29, 1.82) is 0 Å². The summed E-state index contributed by atoms with van der Waals surface area (Å²) in [4.78, 5) is 8.62. The van der Waals surface area contributed by atoms with Gasteiger partial charge in [-0.3, -0.25) is 0 Å². The van der Waals surface area contributed by atoms with E-state index in [1.807, 2.05) is 25.1 Å². The first-order valence-corrected chi connectivity index (χ1v) is 6.63. The largest absolute Gasteiger partial charge is 0.384 e. The lowest BCUT2D eigenvalue weighted by Gasteiger charge is -2.10. The Labute approximate surface area is 118 Å².